The van der Waals surface area contributed by atoms with Crippen molar-refractivity contribution in [2.45, 2.75) is 20.0 Å². The molecule has 0 spiro atoms. The molecule has 1 atom stereocenters. The molecule has 1 saturated heterocycles. The molecule has 2 aromatic rings. The molecule has 7 nitrogen and oxygen atoms in total. The second kappa shape index (κ2) is 9.29. The highest BCUT2D eigenvalue weighted by Crippen LogP contribution is 2.29. The van der Waals surface area contributed by atoms with Crippen molar-refractivity contribution in [3.8, 4) is 11.5 Å². The van der Waals surface area contributed by atoms with Gasteiger partial charge in [0.05, 0.1) is 23.2 Å². The zero-order chi connectivity index (χ0) is 20.8. The number of carboxylic acids is 1. The van der Waals surface area contributed by atoms with Gasteiger partial charge in [0, 0.05) is 0 Å². The van der Waals surface area contributed by atoms with Gasteiger partial charge in [0.25, 0.3) is 5.91 Å². The van der Waals surface area contributed by atoms with Gasteiger partial charge in [0.15, 0.2) is 5.17 Å². The average Bonchev–Trinajstić information content (AvgIpc) is 3.04. The normalized spacial score (nSPS) is 17.2. The van der Waals surface area contributed by atoms with E-state index in [1.54, 1.807) is 30.3 Å². The summed E-state index contributed by atoms with van der Waals surface area (Å²) in [5.74, 6) is -0.341. The van der Waals surface area contributed by atoms with E-state index < -0.39 is 12.1 Å². The van der Waals surface area contributed by atoms with Gasteiger partial charge in [-0.2, -0.15) is 0 Å². The molecular formula is C21H19N2O5S-. The van der Waals surface area contributed by atoms with E-state index >= 15 is 0 Å². The topological polar surface area (TPSA) is 100 Å². The van der Waals surface area contributed by atoms with Gasteiger partial charge in [0.2, 0.25) is 0 Å². The van der Waals surface area contributed by atoms with Gasteiger partial charge in [-0.15, -0.1) is 0 Å². The first-order valence-electron chi connectivity index (χ1n) is 8.94. The van der Waals surface area contributed by atoms with E-state index in [1.807, 2.05) is 31.2 Å². The Morgan fingerprint density at radius 1 is 1.17 bits per heavy atom. The minimum atomic E-state index is -1.28. The summed E-state index contributed by atoms with van der Waals surface area (Å²) in [5.41, 5.74) is 1.49. The van der Waals surface area contributed by atoms with E-state index in [9.17, 15) is 14.7 Å². The highest BCUT2D eigenvalue weighted by molar-refractivity contribution is 8.18. The van der Waals surface area contributed by atoms with Crippen LogP contribution in [0, 0.1) is 0 Å². The van der Waals surface area contributed by atoms with E-state index in [4.69, 9.17) is 9.47 Å². The Labute approximate surface area is 172 Å². The van der Waals surface area contributed by atoms with Crippen LogP contribution in [0.1, 0.15) is 19.4 Å². The SMILES string of the molecule is CCOc1ccc(N=C2NC(=O)/C(=C/c3ccc(O[C@H](C)C(=O)[O-])cc3)S2)cc1. The Morgan fingerprint density at radius 3 is 2.45 bits per heavy atom. The predicted molar refractivity (Wildman–Crippen MR) is 110 cm³/mol. The van der Waals surface area contributed by atoms with Crippen LogP contribution in [0.4, 0.5) is 5.69 Å². The number of carbonyl (C=O) groups excluding carboxylic acids is 2. The largest absolute Gasteiger partial charge is 0.546 e. The maximum atomic E-state index is 12.2. The average molecular weight is 411 g/mol. The lowest BCUT2D eigenvalue weighted by molar-refractivity contribution is -0.312. The molecule has 0 radical (unpaired) electrons. The molecule has 1 N–H and O–H groups in total. The summed E-state index contributed by atoms with van der Waals surface area (Å²) in [6.07, 6.45) is 0.684. The molecule has 0 bridgehead atoms. The Bertz CT molecular complexity index is 952. The van der Waals surface area contributed by atoms with Crippen LogP contribution in [-0.2, 0) is 9.59 Å². The smallest absolute Gasteiger partial charge is 0.264 e. The molecule has 1 aliphatic heterocycles. The van der Waals surface area contributed by atoms with Crippen molar-refractivity contribution in [2.24, 2.45) is 4.99 Å². The lowest BCUT2D eigenvalue weighted by Crippen LogP contribution is -2.37. The number of nitrogens with one attached hydrogen (secondary N) is 1. The van der Waals surface area contributed by atoms with Crippen LogP contribution >= 0.6 is 11.8 Å². The Balaban J connectivity index is 1.68. The van der Waals surface area contributed by atoms with Crippen LogP contribution in [0.15, 0.2) is 58.4 Å². The molecule has 1 heterocycles. The van der Waals surface area contributed by atoms with Gasteiger partial charge in [-0.25, -0.2) is 4.99 Å². The van der Waals surface area contributed by atoms with Crippen LogP contribution < -0.4 is 19.9 Å². The maximum Gasteiger partial charge on any atom is 0.264 e. The number of ether oxygens (including phenoxy) is 2. The van der Waals surface area contributed by atoms with Gasteiger partial charge in [-0.05, 0) is 73.6 Å². The second-order valence-corrected chi connectivity index (χ2v) is 7.09. The molecule has 3 rings (SSSR count). The summed E-state index contributed by atoms with van der Waals surface area (Å²) < 4.78 is 10.6. The van der Waals surface area contributed by atoms with Crippen molar-refractivity contribution in [3.63, 3.8) is 0 Å². The number of carbonyl (C=O) groups is 2. The van der Waals surface area contributed by atoms with E-state index in [0.29, 0.717) is 28.1 Å². The van der Waals surface area contributed by atoms with Crippen molar-refractivity contribution in [1.82, 2.24) is 5.32 Å². The zero-order valence-corrected chi connectivity index (χ0v) is 16.7. The van der Waals surface area contributed by atoms with Gasteiger partial charge >= 0.3 is 0 Å². The monoisotopic (exact) mass is 411 g/mol. The minimum absolute atomic E-state index is 0.231. The summed E-state index contributed by atoms with van der Waals surface area (Å²) >= 11 is 1.24. The van der Waals surface area contributed by atoms with E-state index in [1.165, 1.54) is 18.7 Å². The number of carboxylic acid groups (broad SMARTS) is 1. The number of benzene rings is 2. The van der Waals surface area contributed by atoms with E-state index in [-0.39, 0.29) is 5.91 Å². The Morgan fingerprint density at radius 2 is 1.83 bits per heavy atom. The first kappa shape index (κ1) is 20.5. The van der Waals surface area contributed by atoms with Crippen LogP contribution in [0.5, 0.6) is 11.5 Å². The van der Waals surface area contributed by atoms with Crippen LogP contribution in [-0.4, -0.2) is 29.8 Å². The maximum absolute atomic E-state index is 12.2. The number of amidine groups is 1. The predicted octanol–water partition coefficient (Wildman–Crippen LogP) is 2.49. The van der Waals surface area contributed by atoms with Crippen LogP contribution in [0.25, 0.3) is 6.08 Å². The molecule has 29 heavy (non-hydrogen) atoms. The highest BCUT2D eigenvalue weighted by Gasteiger charge is 2.23. The first-order valence-corrected chi connectivity index (χ1v) is 9.76. The fourth-order valence-corrected chi connectivity index (χ4v) is 3.27. The van der Waals surface area contributed by atoms with Gasteiger partial charge in [-0.3, -0.25) is 4.79 Å². The second-order valence-electron chi connectivity index (χ2n) is 6.06. The number of aliphatic imine (C=N–C) groups is 1. The van der Waals surface area contributed by atoms with E-state index in [2.05, 4.69) is 10.3 Å². The zero-order valence-electron chi connectivity index (χ0n) is 15.9. The number of hydrogen-bond acceptors (Lipinski definition) is 7. The number of amides is 1. The Kier molecular flexibility index (Phi) is 6.56. The third-order valence-electron chi connectivity index (χ3n) is 3.85. The minimum Gasteiger partial charge on any atom is -0.546 e. The van der Waals surface area contributed by atoms with Crippen molar-refractivity contribution in [1.29, 1.82) is 0 Å². The van der Waals surface area contributed by atoms with Crippen molar-refractivity contribution < 1.29 is 24.2 Å². The van der Waals surface area contributed by atoms with Gasteiger partial charge in [0.1, 0.15) is 17.6 Å². The number of thioether (sulfide) groups is 1. The first-order chi connectivity index (χ1) is 13.9. The summed E-state index contributed by atoms with van der Waals surface area (Å²) in [7, 11) is 0. The fraction of sp³-hybridized carbons (Fsp3) is 0.190. The summed E-state index contributed by atoms with van der Waals surface area (Å²) in [4.78, 5) is 27.9. The molecule has 1 amide bonds. The third-order valence-corrected chi connectivity index (χ3v) is 4.76. The van der Waals surface area contributed by atoms with Crippen molar-refractivity contribution in [2.75, 3.05) is 6.61 Å². The third kappa shape index (κ3) is 5.61. The molecule has 2 aromatic carbocycles. The summed E-state index contributed by atoms with van der Waals surface area (Å²) in [6, 6.07) is 14.0. The summed E-state index contributed by atoms with van der Waals surface area (Å²) in [6.45, 7) is 3.91. The van der Waals surface area contributed by atoms with Crippen molar-refractivity contribution >= 4 is 40.6 Å². The van der Waals surface area contributed by atoms with E-state index in [0.717, 1.165) is 11.3 Å². The molecule has 0 unspecified atom stereocenters. The molecule has 0 aliphatic carbocycles. The molecule has 0 aromatic heterocycles. The number of rotatable bonds is 7. The number of aliphatic carboxylic acids is 1. The lowest BCUT2D eigenvalue weighted by atomic mass is 10.2. The van der Waals surface area contributed by atoms with Crippen LogP contribution in [0.3, 0.4) is 0 Å². The fourth-order valence-electron chi connectivity index (χ4n) is 2.43. The molecule has 0 saturated carbocycles. The van der Waals surface area contributed by atoms with Gasteiger partial charge in [-0.1, -0.05) is 12.1 Å². The number of hydrogen-bond donors (Lipinski definition) is 1. The quantitative estimate of drug-likeness (QED) is 0.703. The summed E-state index contributed by atoms with van der Waals surface area (Å²) in [5, 5.41) is 14.0. The molecule has 1 aliphatic rings. The standard InChI is InChI=1S/C21H20N2O5S/c1-3-27-16-10-6-15(7-11-16)22-21-23-19(24)18(29-21)12-14-4-8-17(9-5-14)28-13(2)20(25)26/h4-13H,3H2,1-2H3,(H,25,26)(H,22,23,24)/p-1/b18-12-/t13-/m1/s1. The van der Waals surface area contributed by atoms with Gasteiger partial charge < -0.3 is 24.7 Å². The molecular weight excluding hydrogens is 392 g/mol. The molecule has 150 valence electrons. The number of nitrogens with zero attached hydrogens (tertiary/aromatic N) is 1. The van der Waals surface area contributed by atoms with Crippen molar-refractivity contribution in [3.05, 3.63) is 59.0 Å². The highest BCUT2D eigenvalue weighted by atomic mass is 32.2. The van der Waals surface area contributed by atoms with Crippen LogP contribution in [0.2, 0.25) is 0 Å². The molecule has 8 heteroatoms. The Hall–Kier alpha value is -3.26. The molecule has 1 fully saturated rings. The lowest BCUT2D eigenvalue weighted by Gasteiger charge is -2.15.